The first-order valence-electron chi connectivity index (χ1n) is 6.83. The molecule has 0 spiro atoms. The summed E-state index contributed by atoms with van der Waals surface area (Å²) in [5.41, 5.74) is 2.37. The van der Waals surface area contributed by atoms with E-state index in [1.54, 1.807) is 0 Å². The van der Waals surface area contributed by atoms with Crippen molar-refractivity contribution in [3.63, 3.8) is 0 Å². The topological polar surface area (TPSA) is 33.1 Å². The van der Waals surface area contributed by atoms with Crippen molar-refractivity contribution in [1.82, 2.24) is 20.0 Å². The molecule has 0 saturated carbocycles. The van der Waals surface area contributed by atoms with Crippen LogP contribution >= 0.6 is 12.4 Å². The van der Waals surface area contributed by atoms with Gasteiger partial charge >= 0.3 is 0 Å². The molecule has 0 aliphatic carbocycles. The Bertz CT molecular complexity index is 520. The fourth-order valence-corrected chi connectivity index (χ4v) is 2.60. The molecule has 20 heavy (non-hydrogen) atoms. The van der Waals surface area contributed by atoms with E-state index in [-0.39, 0.29) is 12.4 Å². The highest BCUT2D eigenvalue weighted by Crippen LogP contribution is 2.12. The molecule has 4 nitrogen and oxygen atoms in total. The largest absolute Gasteiger partial charge is 0.315 e. The number of likely N-dealkylation sites (N-methyl/N-ethyl adjacent to an activating group) is 1. The Balaban J connectivity index is 0.00000147. The number of halogens is 1. The molecule has 5 heteroatoms. The number of nitrogens with zero attached hydrogens (tertiary/aromatic N) is 3. The van der Waals surface area contributed by atoms with Crippen LogP contribution in [0.3, 0.4) is 0 Å². The molecule has 1 aromatic carbocycles. The van der Waals surface area contributed by atoms with Crippen LogP contribution in [0.2, 0.25) is 0 Å². The van der Waals surface area contributed by atoms with E-state index >= 15 is 0 Å². The van der Waals surface area contributed by atoms with Gasteiger partial charge in [0.05, 0.1) is 11.9 Å². The molecule has 3 rings (SSSR count). The quantitative estimate of drug-likeness (QED) is 0.937. The van der Waals surface area contributed by atoms with Gasteiger partial charge in [-0.2, -0.15) is 5.10 Å². The van der Waals surface area contributed by atoms with Gasteiger partial charge in [-0.15, -0.1) is 12.4 Å². The number of benzene rings is 1. The third kappa shape index (κ3) is 3.39. The van der Waals surface area contributed by atoms with Crippen molar-refractivity contribution in [2.45, 2.75) is 19.0 Å². The van der Waals surface area contributed by atoms with E-state index in [1.807, 2.05) is 29.1 Å². The summed E-state index contributed by atoms with van der Waals surface area (Å²) >= 11 is 0. The highest BCUT2D eigenvalue weighted by molar-refractivity contribution is 5.85. The lowest BCUT2D eigenvalue weighted by Gasteiger charge is -2.22. The van der Waals surface area contributed by atoms with Crippen LogP contribution in [0.15, 0.2) is 42.7 Å². The standard InChI is InChI=1S/C15H20N4.ClH/c1-18(15-7-8-16-10-15)11-13-9-17-19(12-13)14-5-3-2-4-6-14;/h2-6,9,12,15-16H,7-8,10-11H2,1H3;1H. The molecule has 2 heterocycles. The van der Waals surface area contributed by atoms with E-state index in [9.17, 15) is 0 Å². The molecule has 1 atom stereocenters. The first kappa shape index (κ1) is 15.0. The Hall–Kier alpha value is -1.36. The van der Waals surface area contributed by atoms with Gasteiger partial charge in [0.1, 0.15) is 0 Å². The molecule has 1 unspecified atom stereocenters. The van der Waals surface area contributed by atoms with Crippen molar-refractivity contribution < 1.29 is 0 Å². The summed E-state index contributed by atoms with van der Waals surface area (Å²) in [6.07, 6.45) is 5.32. The van der Waals surface area contributed by atoms with Gasteiger partial charge in [-0.05, 0) is 32.1 Å². The second kappa shape index (κ2) is 6.88. The summed E-state index contributed by atoms with van der Waals surface area (Å²) in [5, 5.41) is 7.85. The molecule has 1 aromatic heterocycles. The van der Waals surface area contributed by atoms with Crippen molar-refractivity contribution >= 4 is 12.4 Å². The van der Waals surface area contributed by atoms with Crippen LogP contribution in [-0.2, 0) is 6.54 Å². The molecule has 2 aromatic rings. The Labute approximate surface area is 126 Å². The minimum atomic E-state index is 0. The minimum absolute atomic E-state index is 0. The number of aromatic nitrogens is 2. The lowest BCUT2D eigenvalue weighted by molar-refractivity contribution is 0.249. The van der Waals surface area contributed by atoms with Gasteiger partial charge in [-0.1, -0.05) is 18.2 Å². The number of nitrogens with one attached hydrogen (secondary N) is 1. The van der Waals surface area contributed by atoms with Crippen LogP contribution in [0.1, 0.15) is 12.0 Å². The molecule has 1 N–H and O–H groups in total. The number of para-hydroxylation sites is 1. The van der Waals surface area contributed by atoms with Crippen LogP contribution in [0.5, 0.6) is 0 Å². The van der Waals surface area contributed by atoms with E-state index in [1.165, 1.54) is 12.0 Å². The lowest BCUT2D eigenvalue weighted by atomic mass is 10.2. The Morgan fingerprint density at radius 3 is 2.85 bits per heavy atom. The molecular weight excluding hydrogens is 272 g/mol. The molecule has 1 aliphatic rings. The van der Waals surface area contributed by atoms with Gasteiger partial charge in [0.15, 0.2) is 0 Å². The van der Waals surface area contributed by atoms with E-state index in [0.29, 0.717) is 6.04 Å². The average Bonchev–Trinajstić information content (AvgIpc) is 3.11. The van der Waals surface area contributed by atoms with Crippen molar-refractivity contribution in [2.75, 3.05) is 20.1 Å². The molecule has 1 fully saturated rings. The second-order valence-corrected chi connectivity index (χ2v) is 5.19. The fourth-order valence-electron chi connectivity index (χ4n) is 2.60. The molecule has 0 amide bonds. The summed E-state index contributed by atoms with van der Waals surface area (Å²) < 4.78 is 1.94. The van der Waals surface area contributed by atoms with Gasteiger partial charge in [0.25, 0.3) is 0 Å². The van der Waals surface area contributed by atoms with E-state index in [4.69, 9.17) is 0 Å². The van der Waals surface area contributed by atoms with Crippen LogP contribution in [0.25, 0.3) is 5.69 Å². The van der Waals surface area contributed by atoms with Crippen LogP contribution in [0, 0.1) is 0 Å². The van der Waals surface area contributed by atoms with Gasteiger partial charge in [0.2, 0.25) is 0 Å². The van der Waals surface area contributed by atoms with Crippen molar-refractivity contribution in [2.24, 2.45) is 0 Å². The van der Waals surface area contributed by atoms with Crippen LogP contribution in [0.4, 0.5) is 0 Å². The molecule has 0 radical (unpaired) electrons. The zero-order valence-corrected chi connectivity index (χ0v) is 12.5. The third-order valence-corrected chi connectivity index (χ3v) is 3.75. The highest BCUT2D eigenvalue weighted by Gasteiger charge is 2.19. The van der Waals surface area contributed by atoms with E-state index < -0.39 is 0 Å². The SMILES string of the molecule is CN(Cc1cnn(-c2ccccc2)c1)C1CCNC1.Cl. The Morgan fingerprint density at radius 2 is 2.15 bits per heavy atom. The lowest BCUT2D eigenvalue weighted by Crippen LogP contribution is -2.32. The minimum Gasteiger partial charge on any atom is -0.315 e. The summed E-state index contributed by atoms with van der Waals surface area (Å²) in [6, 6.07) is 10.9. The van der Waals surface area contributed by atoms with Crippen molar-refractivity contribution in [3.05, 3.63) is 48.3 Å². The van der Waals surface area contributed by atoms with Gasteiger partial charge in [-0.25, -0.2) is 4.68 Å². The molecule has 0 bridgehead atoms. The Kier molecular flexibility index (Phi) is 5.17. The number of rotatable bonds is 4. The summed E-state index contributed by atoms with van der Waals surface area (Å²) in [7, 11) is 2.19. The number of hydrogen-bond acceptors (Lipinski definition) is 3. The smallest absolute Gasteiger partial charge is 0.0645 e. The molecule has 108 valence electrons. The van der Waals surface area contributed by atoms with Gasteiger partial charge in [0, 0.05) is 30.9 Å². The molecule has 1 saturated heterocycles. The Morgan fingerprint density at radius 1 is 1.35 bits per heavy atom. The fraction of sp³-hybridized carbons (Fsp3) is 0.400. The summed E-state index contributed by atoms with van der Waals surface area (Å²) in [5.74, 6) is 0. The summed E-state index contributed by atoms with van der Waals surface area (Å²) in [6.45, 7) is 3.20. The van der Waals surface area contributed by atoms with Crippen LogP contribution < -0.4 is 5.32 Å². The predicted molar refractivity (Wildman–Crippen MR) is 83.6 cm³/mol. The summed E-state index contributed by atoms with van der Waals surface area (Å²) in [4.78, 5) is 2.41. The average molecular weight is 293 g/mol. The van der Waals surface area contributed by atoms with Crippen molar-refractivity contribution in [1.29, 1.82) is 0 Å². The second-order valence-electron chi connectivity index (χ2n) is 5.19. The molecule has 1 aliphatic heterocycles. The number of hydrogen-bond donors (Lipinski definition) is 1. The first-order chi connectivity index (χ1) is 9.33. The zero-order valence-electron chi connectivity index (χ0n) is 11.7. The molecular formula is C15H21ClN4. The van der Waals surface area contributed by atoms with E-state index in [0.717, 1.165) is 25.3 Å². The maximum Gasteiger partial charge on any atom is 0.0645 e. The first-order valence-corrected chi connectivity index (χ1v) is 6.83. The zero-order chi connectivity index (χ0) is 13.1. The van der Waals surface area contributed by atoms with E-state index in [2.05, 4.69) is 40.7 Å². The normalized spacial score (nSPS) is 18.2. The van der Waals surface area contributed by atoms with Gasteiger partial charge < -0.3 is 5.32 Å². The predicted octanol–water partition coefficient (Wildman–Crippen LogP) is 2.09. The monoisotopic (exact) mass is 292 g/mol. The highest BCUT2D eigenvalue weighted by atomic mass is 35.5. The van der Waals surface area contributed by atoms with Gasteiger partial charge in [-0.3, -0.25) is 4.90 Å². The maximum atomic E-state index is 4.44. The van der Waals surface area contributed by atoms with Crippen molar-refractivity contribution in [3.8, 4) is 5.69 Å². The third-order valence-electron chi connectivity index (χ3n) is 3.75. The van der Waals surface area contributed by atoms with Crippen LogP contribution in [-0.4, -0.2) is 40.9 Å². The maximum absolute atomic E-state index is 4.44.